The van der Waals surface area contributed by atoms with Crippen molar-refractivity contribution in [3.8, 4) is 11.5 Å². The van der Waals surface area contributed by atoms with E-state index in [1.165, 1.54) is 6.21 Å². The minimum Gasteiger partial charge on any atom is -0.506 e. The molecule has 27 heavy (non-hydrogen) atoms. The van der Waals surface area contributed by atoms with Gasteiger partial charge in [-0.2, -0.15) is 5.10 Å². The standard InChI is InChI=1S/C17H14Br2ClN3O4/c1-8-11(15(25)14(19)16(26)13(8)18)6-22-23-12(24)7-21-17(27)9-2-4-10(20)5-3-9/h2-6,25-26H,7H2,1H3,(H,21,27)(H,23,24)/b22-6-. The summed E-state index contributed by atoms with van der Waals surface area (Å²) in [6.45, 7) is 1.37. The average molecular weight is 520 g/mol. The number of nitrogens with one attached hydrogen (secondary N) is 2. The first-order chi connectivity index (χ1) is 12.7. The van der Waals surface area contributed by atoms with Gasteiger partial charge in [-0.05, 0) is 68.6 Å². The third-order valence-corrected chi connectivity index (χ3v) is 5.48. The third-order valence-electron chi connectivity index (χ3n) is 3.51. The molecule has 0 saturated carbocycles. The third kappa shape index (κ3) is 5.21. The number of halogens is 3. The molecule has 0 unspecified atom stereocenters. The molecule has 0 bridgehead atoms. The number of hydrogen-bond donors (Lipinski definition) is 4. The highest BCUT2D eigenvalue weighted by molar-refractivity contribution is 9.11. The van der Waals surface area contributed by atoms with Gasteiger partial charge in [0.05, 0.1) is 17.2 Å². The maximum Gasteiger partial charge on any atom is 0.259 e. The van der Waals surface area contributed by atoms with Crippen LogP contribution in [0.2, 0.25) is 5.02 Å². The molecule has 2 rings (SSSR count). The Hall–Kier alpha value is -2.10. The molecule has 0 spiro atoms. The van der Waals surface area contributed by atoms with Crippen LogP contribution in [0.25, 0.3) is 0 Å². The molecule has 2 aromatic carbocycles. The van der Waals surface area contributed by atoms with Crippen LogP contribution in [0.4, 0.5) is 0 Å². The van der Waals surface area contributed by atoms with Gasteiger partial charge in [-0.25, -0.2) is 5.43 Å². The number of hydrogen-bond acceptors (Lipinski definition) is 5. The summed E-state index contributed by atoms with van der Waals surface area (Å²) in [7, 11) is 0. The van der Waals surface area contributed by atoms with Gasteiger partial charge in [-0.15, -0.1) is 0 Å². The monoisotopic (exact) mass is 517 g/mol. The molecule has 0 fully saturated rings. The van der Waals surface area contributed by atoms with E-state index in [2.05, 4.69) is 47.7 Å². The van der Waals surface area contributed by atoms with Crippen LogP contribution in [0.15, 0.2) is 38.3 Å². The first-order valence-corrected chi connectivity index (χ1v) is 9.44. The molecule has 7 nitrogen and oxygen atoms in total. The van der Waals surface area contributed by atoms with Crippen LogP contribution in [0, 0.1) is 6.92 Å². The molecule has 0 aliphatic carbocycles. The predicted molar refractivity (Wildman–Crippen MR) is 109 cm³/mol. The molecule has 0 radical (unpaired) electrons. The van der Waals surface area contributed by atoms with Crippen LogP contribution in [0.5, 0.6) is 11.5 Å². The van der Waals surface area contributed by atoms with E-state index in [9.17, 15) is 19.8 Å². The number of carbonyl (C=O) groups is 2. The Morgan fingerprint density at radius 1 is 1.15 bits per heavy atom. The lowest BCUT2D eigenvalue weighted by Crippen LogP contribution is -2.34. The van der Waals surface area contributed by atoms with Gasteiger partial charge in [-0.1, -0.05) is 11.6 Å². The summed E-state index contributed by atoms with van der Waals surface area (Å²) in [4.78, 5) is 23.7. The second-order valence-electron chi connectivity index (χ2n) is 5.35. The van der Waals surface area contributed by atoms with Crippen LogP contribution in [0.1, 0.15) is 21.5 Å². The number of phenols is 2. The van der Waals surface area contributed by atoms with Gasteiger partial charge in [0.1, 0.15) is 16.0 Å². The molecule has 0 aromatic heterocycles. The van der Waals surface area contributed by atoms with Gasteiger partial charge in [-0.3, -0.25) is 9.59 Å². The highest BCUT2D eigenvalue weighted by Gasteiger charge is 2.17. The number of phenolic OH excluding ortho intramolecular Hbond substituents is 2. The Morgan fingerprint density at radius 2 is 1.78 bits per heavy atom. The van der Waals surface area contributed by atoms with E-state index in [-0.39, 0.29) is 22.5 Å². The molecule has 0 aliphatic heterocycles. The van der Waals surface area contributed by atoms with E-state index in [1.54, 1.807) is 31.2 Å². The number of carbonyl (C=O) groups excluding carboxylic acids is 2. The maximum absolute atomic E-state index is 11.9. The second-order valence-corrected chi connectivity index (χ2v) is 7.37. The Balaban J connectivity index is 1.96. The number of hydrazone groups is 1. The van der Waals surface area contributed by atoms with E-state index in [0.29, 0.717) is 26.2 Å². The molecule has 0 aliphatic rings. The number of nitrogens with zero attached hydrogens (tertiary/aromatic N) is 1. The highest BCUT2D eigenvalue weighted by Crippen LogP contribution is 2.43. The average Bonchev–Trinajstić information content (AvgIpc) is 2.66. The van der Waals surface area contributed by atoms with Crippen molar-refractivity contribution in [1.82, 2.24) is 10.7 Å². The first-order valence-electron chi connectivity index (χ1n) is 7.47. The van der Waals surface area contributed by atoms with Crippen molar-refractivity contribution < 1.29 is 19.8 Å². The van der Waals surface area contributed by atoms with Crippen molar-refractivity contribution in [2.24, 2.45) is 5.10 Å². The molecular formula is C17H14Br2ClN3O4. The number of benzene rings is 2. The molecular weight excluding hydrogens is 505 g/mol. The van der Waals surface area contributed by atoms with Crippen LogP contribution in [-0.2, 0) is 4.79 Å². The van der Waals surface area contributed by atoms with Crippen LogP contribution in [-0.4, -0.2) is 34.8 Å². The Bertz CT molecular complexity index is 888. The Labute approximate surface area is 176 Å². The van der Waals surface area contributed by atoms with Gasteiger partial charge >= 0.3 is 0 Å². The number of amides is 2. The van der Waals surface area contributed by atoms with Crippen molar-refractivity contribution in [1.29, 1.82) is 0 Å². The van der Waals surface area contributed by atoms with Crippen LogP contribution < -0.4 is 10.7 Å². The molecule has 2 aromatic rings. The van der Waals surface area contributed by atoms with E-state index < -0.39 is 11.8 Å². The molecule has 0 saturated heterocycles. The fraction of sp³-hybridized carbons (Fsp3) is 0.118. The first kappa shape index (κ1) is 21.2. The number of rotatable bonds is 5. The van der Waals surface area contributed by atoms with Gasteiger partial charge in [0.2, 0.25) is 0 Å². The fourth-order valence-electron chi connectivity index (χ4n) is 2.03. The van der Waals surface area contributed by atoms with Crippen molar-refractivity contribution in [2.75, 3.05) is 6.54 Å². The van der Waals surface area contributed by atoms with Crippen LogP contribution >= 0.6 is 43.5 Å². The molecule has 0 heterocycles. The van der Waals surface area contributed by atoms with Crippen molar-refractivity contribution in [2.45, 2.75) is 6.92 Å². The van der Waals surface area contributed by atoms with Crippen molar-refractivity contribution >= 4 is 61.5 Å². The SMILES string of the molecule is Cc1c(Br)c(O)c(Br)c(O)c1/C=N\NC(=O)CNC(=O)c1ccc(Cl)cc1. The maximum atomic E-state index is 11.9. The summed E-state index contributed by atoms with van der Waals surface area (Å²) in [5.41, 5.74) is 3.45. The summed E-state index contributed by atoms with van der Waals surface area (Å²) >= 11 is 12.0. The Kier molecular flexibility index (Phi) is 7.23. The summed E-state index contributed by atoms with van der Waals surface area (Å²) < 4.78 is 0.484. The zero-order valence-electron chi connectivity index (χ0n) is 13.9. The van der Waals surface area contributed by atoms with Crippen molar-refractivity contribution in [3.05, 3.63) is 54.9 Å². The van der Waals surface area contributed by atoms with Crippen LogP contribution in [0.3, 0.4) is 0 Å². The minimum absolute atomic E-state index is 0.1000. The van der Waals surface area contributed by atoms with Gasteiger partial charge in [0, 0.05) is 16.1 Å². The summed E-state index contributed by atoms with van der Waals surface area (Å²) in [6.07, 6.45) is 1.23. The zero-order chi connectivity index (χ0) is 20.1. The summed E-state index contributed by atoms with van der Waals surface area (Å²) in [5, 5.41) is 26.6. The summed E-state index contributed by atoms with van der Waals surface area (Å²) in [6, 6.07) is 6.23. The molecule has 10 heteroatoms. The van der Waals surface area contributed by atoms with E-state index >= 15 is 0 Å². The molecule has 4 N–H and O–H groups in total. The fourth-order valence-corrected chi connectivity index (χ4v) is 3.25. The lowest BCUT2D eigenvalue weighted by molar-refractivity contribution is -0.120. The topological polar surface area (TPSA) is 111 Å². The van der Waals surface area contributed by atoms with Gasteiger partial charge in [0.25, 0.3) is 11.8 Å². The van der Waals surface area contributed by atoms with E-state index in [4.69, 9.17) is 11.6 Å². The number of aromatic hydroxyl groups is 2. The lowest BCUT2D eigenvalue weighted by Gasteiger charge is -2.11. The molecule has 142 valence electrons. The normalized spacial score (nSPS) is 10.8. The highest BCUT2D eigenvalue weighted by atomic mass is 79.9. The Morgan fingerprint density at radius 3 is 2.41 bits per heavy atom. The molecule has 2 amide bonds. The molecule has 0 atom stereocenters. The minimum atomic E-state index is -0.553. The zero-order valence-corrected chi connectivity index (χ0v) is 17.8. The van der Waals surface area contributed by atoms with Gasteiger partial charge in [0.15, 0.2) is 0 Å². The lowest BCUT2D eigenvalue weighted by atomic mass is 10.1. The smallest absolute Gasteiger partial charge is 0.259 e. The second kappa shape index (κ2) is 9.20. The van der Waals surface area contributed by atoms with Crippen molar-refractivity contribution in [3.63, 3.8) is 0 Å². The predicted octanol–water partition coefficient (Wildman–Crippen LogP) is 3.46. The summed E-state index contributed by atoms with van der Waals surface area (Å²) in [5.74, 6) is -1.34. The van der Waals surface area contributed by atoms with E-state index in [1.807, 2.05) is 0 Å². The van der Waals surface area contributed by atoms with Gasteiger partial charge < -0.3 is 15.5 Å². The van der Waals surface area contributed by atoms with E-state index in [0.717, 1.165) is 0 Å². The quantitative estimate of drug-likeness (QED) is 0.358. The largest absolute Gasteiger partial charge is 0.506 e.